The van der Waals surface area contributed by atoms with Crippen molar-refractivity contribution in [2.45, 2.75) is 13.3 Å². The van der Waals surface area contributed by atoms with Crippen LogP contribution < -0.4 is 5.56 Å². The summed E-state index contributed by atoms with van der Waals surface area (Å²) in [4.78, 5) is 31.1. The van der Waals surface area contributed by atoms with Gasteiger partial charge in [0.25, 0.3) is 5.56 Å². The number of nitrogens with zero attached hydrogens (tertiary/aromatic N) is 1. The Bertz CT molecular complexity index is 881. The molecule has 2 N–H and O–H groups in total. The van der Waals surface area contributed by atoms with Gasteiger partial charge in [-0.05, 0) is 18.1 Å². The van der Waals surface area contributed by atoms with Crippen molar-refractivity contribution < 1.29 is 9.90 Å². The van der Waals surface area contributed by atoms with Crippen molar-refractivity contribution >= 4 is 27.5 Å². The Kier molecular flexibility index (Phi) is 3.31. The van der Waals surface area contributed by atoms with Crippen LogP contribution in [0, 0.1) is 6.92 Å². The zero-order chi connectivity index (χ0) is 15.0. The highest BCUT2D eigenvalue weighted by Crippen LogP contribution is 2.26. The Morgan fingerprint density at radius 1 is 1.33 bits per heavy atom. The first kappa shape index (κ1) is 13.5. The normalized spacial score (nSPS) is 10.9. The molecule has 0 amide bonds. The second kappa shape index (κ2) is 5.14. The van der Waals surface area contributed by atoms with Gasteiger partial charge in [0.2, 0.25) is 0 Å². The lowest BCUT2D eigenvalue weighted by Crippen LogP contribution is -2.12. The number of rotatable bonds is 3. The van der Waals surface area contributed by atoms with Crippen molar-refractivity contribution in [1.82, 2.24) is 9.97 Å². The highest BCUT2D eigenvalue weighted by molar-refractivity contribution is 7.20. The molecular formula is C15H12N2O3S. The number of aromatic amines is 1. The molecule has 106 valence electrons. The molecule has 3 aromatic rings. The lowest BCUT2D eigenvalue weighted by Gasteiger charge is -2.01. The van der Waals surface area contributed by atoms with E-state index >= 15 is 0 Å². The number of hydrogen-bond acceptors (Lipinski definition) is 4. The van der Waals surface area contributed by atoms with Crippen molar-refractivity contribution in [1.29, 1.82) is 0 Å². The Morgan fingerprint density at radius 2 is 2.05 bits per heavy atom. The number of hydrogen-bond donors (Lipinski definition) is 2. The van der Waals surface area contributed by atoms with Gasteiger partial charge in [0, 0.05) is 6.42 Å². The van der Waals surface area contributed by atoms with Gasteiger partial charge in [-0.3, -0.25) is 4.79 Å². The number of carboxylic acid groups (broad SMARTS) is 1. The molecule has 0 saturated carbocycles. The number of thiophene rings is 1. The van der Waals surface area contributed by atoms with E-state index in [2.05, 4.69) is 9.97 Å². The predicted octanol–water partition coefficient (Wildman–Crippen LogP) is 2.58. The first-order chi connectivity index (χ1) is 10.1. The van der Waals surface area contributed by atoms with Gasteiger partial charge in [0.1, 0.15) is 15.5 Å². The maximum absolute atomic E-state index is 12.2. The van der Waals surface area contributed by atoms with Crippen LogP contribution in [0.2, 0.25) is 0 Å². The van der Waals surface area contributed by atoms with Crippen LogP contribution in [-0.2, 0) is 6.42 Å². The first-order valence-electron chi connectivity index (χ1n) is 6.36. The van der Waals surface area contributed by atoms with Crippen LogP contribution in [0.4, 0.5) is 0 Å². The van der Waals surface area contributed by atoms with Gasteiger partial charge in [0.05, 0.1) is 5.39 Å². The predicted molar refractivity (Wildman–Crippen MR) is 81.2 cm³/mol. The largest absolute Gasteiger partial charge is 0.477 e. The topological polar surface area (TPSA) is 83.0 Å². The third-order valence-electron chi connectivity index (χ3n) is 3.26. The summed E-state index contributed by atoms with van der Waals surface area (Å²) in [6.07, 6.45) is 0.505. The molecule has 0 fully saturated rings. The smallest absolute Gasteiger partial charge is 0.346 e. The van der Waals surface area contributed by atoms with Crippen molar-refractivity contribution in [3.8, 4) is 0 Å². The number of carbonyl (C=O) groups is 1. The first-order valence-corrected chi connectivity index (χ1v) is 7.17. The SMILES string of the molecule is Cc1c(C(=O)O)sc2nc(Cc3ccccc3)[nH]c(=O)c12. The summed E-state index contributed by atoms with van der Waals surface area (Å²) in [5, 5.41) is 9.50. The highest BCUT2D eigenvalue weighted by atomic mass is 32.1. The Balaban J connectivity index is 2.11. The number of nitrogens with one attached hydrogen (secondary N) is 1. The number of aromatic carboxylic acids is 1. The molecule has 0 unspecified atom stereocenters. The number of carboxylic acids is 1. The van der Waals surface area contributed by atoms with Crippen LogP contribution in [-0.4, -0.2) is 21.0 Å². The van der Waals surface area contributed by atoms with E-state index in [-0.39, 0.29) is 10.4 Å². The standard InChI is InChI=1S/C15H12N2O3S/c1-8-11-13(18)16-10(7-9-5-3-2-4-6-9)17-14(11)21-12(8)15(19)20/h2-6H,7H2,1H3,(H,19,20)(H,16,17,18). The molecule has 3 rings (SSSR count). The molecular weight excluding hydrogens is 288 g/mol. The molecule has 21 heavy (non-hydrogen) atoms. The van der Waals surface area contributed by atoms with Gasteiger partial charge in [-0.25, -0.2) is 9.78 Å². The molecule has 2 heterocycles. The Labute approximate surface area is 123 Å². The minimum atomic E-state index is -1.03. The number of aryl methyl sites for hydroxylation is 1. The molecule has 6 heteroatoms. The maximum atomic E-state index is 12.2. The van der Waals surface area contributed by atoms with E-state index in [1.807, 2.05) is 30.3 Å². The zero-order valence-electron chi connectivity index (χ0n) is 11.2. The number of H-pyrrole nitrogens is 1. The average molecular weight is 300 g/mol. The maximum Gasteiger partial charge on any atom is 0.346 e. The van der Waals surface area contributed by atoms with Crippen molar-refractivity contribution in [2.75, 3.05) is 0 Å². The molecule has 0 bridgehead atoms. The molecule has 0 radical (unpaired) electrons. The molecule has 2 aromatic heterocycles. The van der Waals surface area contributed by atoms with Crippen molar-refractivity contribution in [2.24, 2.45) is 0 Å². The molecule has 5 nitrogen and oxygen atoms in total. The van der Waals surface area contributed by atoms with Crippen LogP contribution in [0.25, 0.3) is 10.2 Å². The zero-order valence-corrected chi connectivity index (χ0v) is 12.0. The minimum Gasteiger partial charge on any atom is -0.477 e. The van der Waals surface area contributed by atoms with Crippen LogP contribution in [0.15, 0.2) is 35.1 Å². The van der Waals surface area contributed by atoms with Gasteiger partial charge in [-0.1, -0.05) is 30.3 Å². The fraction of sp³-hybridized carbons (Fsp3) is 0.133. The molecule has 1 aromatic carbocycles. The molecule has 0 atom stereocenters. The molecule has 0 aliphatic carbocycles. The molecule has 0 saturated heterocycles. The van der Waals surface area contributed by atoms with E-state index in [0.29, 0.717) is 28.0 Å². The minimum absolute atomic E-state index is 0.167. The van der Waals surface area contributed by atoms with Crippen LogP contribution in [0.5, 0.6) is 0 Å². The number of aromatic nitrogens is 2. The van der Waals surface area contributed by atoms with Crippen molar-refractivity contribution in [3.05, 3.63) is 62.5 Å². The molecule has 0 aliphatic rings. The van der Waals surface area contributed by atoms with Gasteiger partial charge in [-0.15, -0.1) is 11.3 Å². The van der Waals surface area contributed by atoms with Gasteiger partial charge >= 0.3 is 5.97 Å². The summed E-state index contributed by atoms with van der Waals surface area (Å²) in [5.74, 6) is -0.489. The third-order valence-corrected chi connectivity index (χ3v) is 4.43. The van der Waals surface area contributed by atoms with Gasteiger partial charge in [0.15, 0.2) is 0 Å². The van der Waals surface area contributed by atoms with Gasteiger partial charge < -0.3 is 10.1 Å². The van der Waals surface area contributed by atoms with E-state index in [1.165, 1.54) is 0 Å². The van der Waals surface area contributed by atoms with E-state index in [9.17, 15) is 9.59 Å². The quantitative estimate of drug-likeness (QED) is 0.778. The van der Waals surface area contributed by atoms with Crippen LogP contribution in [0.3, 0.4) is 0 Å². The highest BCUT2D eigenvalue weighted by Gasteiger charge is 2.18. The van der Waals surface area contributed by atoms with Crippen LogP contribution >= 0.6 is 11.3 Å². The average Bonchev–Trinajstić information content (AvgIpc) is 2.77. The second-order valence-corrected chi connectivity index (χ2v) is 5.72. The summed E-state index contributed by atoms with van der Waals surface area (Å²) in [6, 6.07) is 9.66. The second-order valence-electron chi connectivity index (χ2n) is 4.72. The lowest BCUT2D eigenvalue weighted by atomic mass is 10.1. The lowest BCUT2D eigenvalue weighted by molar-refractivity contribution is 0.0701. The summed E-state index contributed by atoms with van der Waals surface area (Å²) < 4.78 is 0. The van der Waals surface area contributed by atoms with E-state index in [1.54, 1.807) is 6.92 Å². The Hall–Kier alpha value is -2.47. The van der Waals surface area contributed by atoms with E-state index in [4.69, 9.17) is 5.11 Å². The van der Waals surface area contributed by atoms with E-state index < -0.39 is 5.97 Å². The fourth-order valence-electron chi connectivity index (χ4n) is 2.27. The number of fused-ring (bicyclic) bond motifs is 1. The molecule has 0 aliphatic heterocycles. The summed E-state index contributed by atoms with van der Waals surface area (Å²) >= 11 is 1.04. The monoisotopic (exact) mass is 300 g/mol. The van der Waals surface area contributed by atoms with Crippen LogP contribution in [0.1, 0.15) is 26.6 Å². The Morgan fingerprint density at radius 3 is 2.71 bits per heavy atom. The van der Waals surface area contributed by atoms with Crippen molar-refractivity contribution in [3.63, 3.8) is 0 Å². The number of benzene rings is 1. The van der Waals surface area contributed by atoms with Gasteiger partial charge in [-0.2, -0.15) is 0 Å². The van der Waals surface area contributed by atoms with E-state index in [0.717, 1.165) is 16.9 Å². The third kappa shape index (κ3) is 2.45. The summed E-state index contributed by atoms with van der Waals surface area (Å²) in [7, 11) is 0. The fourth-order valence-corrected chi connectivity index (χ4v) is 3.30. The summed E-state index contributed by atoms with van der Waals surface area (Å²) in [6.45, 7) is 1.63. The molecule has 0 spiro atoms. The summed E-state index contributed by atoms with van der Waals surface area (Å²) in [5.41, 5.74) is 1.22.